The van der Waals surface area contributed by atoms with Crippen LogP contribution in [-0.2, 0) is 4.74 Å². The molecule has 1 heterocycles. The first-order chi connectivity index (χ1) is 10.2. The number of Topliss-reactive ketones (excluding diaryl/α,β-unsaturated/α-hetero) is 1. The number of ether oxygens (including phenoxy) is 2. The number of cyclic esters (lactones) is 1. The van der Waals surface area contributed by atoms with Gasteiger partial charge in [-0.15, -0.1) is 0 Å². The third-order valence-electron chi connectivity index (χ3n) is 3.56. The molecule has 0 fully saturated rings. The van der Waals surface area contributed by atoms with E-state index in [1.165, 1.54) is 0 Å². The molecule has 1 aliphatic rings. The molecule has 4 nitrogen and oxygen atoms in total. The molecule has 0 aromatic heterocycles. The van der Waals surface area contributed by atoms with Gasteiger partial charge >= 0.3 is 5.97 Å². The summed E-state index contributed by atoms with van der Waals surface area (Å²) in [6.07, 6.45) is -0.349. The predicted molar refractivity (Wildman–Crippen MR) is 76.5 cm³/mol. The Bertz CT molecular complexity index is 688. The average molecular weight is 282 g/mol. The summed E-state index contributed by atoms with van der Waals surface area (Å²) < 4.78 is 10.3. The van der Waals surface area contributed by atoms with Crippen LogP contribution < -0.4 is 4.74 Å². The molecule has 0 radical (unpaired) electrons. The summed E-state index contributed by atoms with van der Waals surface area (Å²) in [5, 5.41) is 0. The van der Waals surface area contributed by atoms with Crippen LogP contribution in [0.3, 0.4) is 0 Å². The second kappa shape index (κ2) is 5.40. The second-order valence-electron chi connectivity index (χ2n) is 4.84. The fourth-order valence-corrected chi connectivity index (χ4v) is 2.43. The lowest BCUT2D eigenvalue weighted by Crippen LogP contribution is -2.07. The average Bonchev–Trinajstić information content (AvgIpc) is 2.84. The smallest absolute Gasteiger partial charge is 0.339 e. The third kappa shape index (κ3) is 2.52. The van der Waals surface area contributed by atoms with E-state index in [-0.39, 0.29) is 18.2 Å². The predicted octanol–water partition coefficient (Wildman–Crippen LogP) is 3.18. The van der Waals surface area contributed by atoms with E-state index < -0.39 is 6.10 Å². The number of methoxy groups -OCH3 is 1. The topological polar surface area (TPSA) is 52.6 Å². The van der Waals surface area contributed by atoms with Crippen LogP contribution in [0.25, 0.3) is 0 Å². The third-order valence-corrected chi connectivity index (χ3v) is 3.56. The van der Waals surface area contributed by atoms with Gasteiger partial charge in [-0.2, -0.15) is 0 Å². The first-order valence-electron chi connectivity index (χ1n) is 6.66. The number of hydrogen-bond donors (Lipinski definition) is 0. The minimum atomic E-state index is -0.497. The van der Waals surface area contributed by atoms with Crippen molar-refractivity contribution in [2.45, 2.75) is 12.5 Å². The minimum Gasteiger partial charge on any atom is -0.497 e. The molecule has 0 amide bonds. The zero-order chi connectivity index (χ0) is 14.8. The lowest BCUT2D eigenvalue weighted by Gasteiger charge is -2.10. The minimum absolute atomic E-state index is 0.0628. The molecule has 0 aliphatic carbocycles. The maximum absolute atomic E-state index is 12.3. The lowest BCUT2D eigenvalue weighted by molar-refractivity contribution is 0.0367. The molecule has 0 bridgehead atoms. The summed E-state index contributed by atoms with van der Waals surface area (Å²) in [7, 11) is 1.58. The van der Waals surface area contributed by atoms with Crippen LogP contribution in [0.4, 0.5) is 0 Å². The summed E-state index contributed by atoms with van der Waals surface area (Å²) >= 11 is 0. The van der Waals surface area contributed by atoms with E-state index in [1.54, 1.807) is 43.5 Å². The Labute approximate surface area is 122 Å². The van der Waals surface area contributed by atoms with Crippen molar-refractivity contribution < 1.29 is 19.1 Å². The fourth-order valence-electron chi connectivity index (χ4n) is 2.43. The SMILES string of the molecule is COc1ccc(C(=O)C[C@H]2OC(=O)c3ccccc32)cc1. The molecule has 0 N–H and O–H groups in total. The Morgan fingerprint density at radius 2 is 1.86 bits per heavy atom. The first-order valence-corrected chi connectivity index (χ1v) is 6.66. The molecular weight excluding hydrogens is 268 g/mol. The molecule has 4 heteroatoms. The van der Waals surface area contributed by atoms with E-state index in [0.29, 0.717) is 16.9 Å². The molecule has 2 aromatic rings. The normalized spacial score (nSPS) is 16.2. The maximum atomic E-state index is 12.3. The van der Waals surface area contributed by atoms with Gasteiger partial charge in [0.1, 0.15) is 11.9 Å². The zero-order valence-electron chi connectivity index (χ0n) is 11.5. The number of benzene rings is 2. The number of esters is 1. The van der Waals surface area contributed by atoms with Crippen LogP contribution in [0, 0.1) is 0 Å². The van der Waals surface area contributed by atoms with Crippen molar-refractivity contribution in [3.8, 4) is 5.75 Å². The number of carbonyl (C=O) groups is 2. The zero-order valence-corrected chi connectivity index (χ0v) is 11.5. The maximum Gasteiger partial charge on any atom is 0.339 e. The molecule has 0 spiro atoms. The van der Waals surface area contributed by atoms with E-state index in [0.717, 1.165) is 5.56 Å². The van der Waals surface area contributed by atoms with E-state index in [9.17, 15) is 9.59 Å². The van der Waals surface area contributed by atoms with Crippen molar-refractivity contribution in [1.29, 1.82) is 0 Å². The van der Waals surface area contributed by atoms with Gasteiger partial charge in [-0.25, -0.2) is 4.79 Å². The van der Waals surface area contributed by atoms with Crippen molar-refractivity contribution >= 4 is 11.8 Å². The van der Waals surface area contributed by atoms with Gasteiger partial charge < -0.3 is 9.47 Å². The van der Waals surface area contributed by atoms with Crippen molar-refractivity contribution in [1.82, 2.24) is 0 Å². The van der Waals surface area contributed by atoms with Crippen LogP contribution in [0.15, 0.2) is 48.5 Å². The number of rotatable bonds is 4. The van der Waals surface area contributed by atoms with Gasteiger partial charge in [-0.3, -0.25) is 4.79 Å². The highest BCUT2D eigenvalue weighted by molar-refractivity contribution is 5.99. The quantitative estimate of drug-likeness (QED) is 0.638. The highest BCUT2D eigenvalue weighted by Crippen LogP contribution is 2.33. The van der Waals surface area contributed by atoms with Gasteiger partial charge in [-0.05, 0) is 30.3 Å². The molecule has 2 aromatic carbocycles. The molecular formula is C17H14O4. The van der Waals surface area contributed by atoms with Crippen LogP contribution in [0.1, 0.15) is 38.8 Å². The first kappa shape index (κ1) is 13.4. The van der Waals surface area contributed by atoms with Gasteiger partial charge in [-0.1, -0.05) is 18.2 Å². The highest BCUT2D eigenvalue weighted by Gasteiger charge is 2.32. The summed E-state index contributed by atoms with van der Waals surface area (Å²) in [5.41, 5.74) is 1.91. The van der Waals surface area contributed by atoms with Crippen LogP contribution in [0.5, 0.6) is 5.75 Å². The van der Waals surface area contributed by atoms with Crippen molar-refractivity contribution in [3.63, 3.8) is 0 Å². The van der Waals surface area contributed by atoms with Crippen LogP contribution in [0.2, 0.25) is 0 Å². The van der Waals surface area contributed by atoms with Gasteiger partial charge in [0.15, 0.2) is 5.78 Å². The van der Waals surface area contributed by atoms with Crippen molar-refractivity contribution in [3.05, 3.63) is 65.2 Å². The molecule has 106 valence electrons. The molecule has 1 aliphatic heterocycles. The van der Waals surface area contributed by atoms with Gasteiger partial charge in [0.2, 0.25) is 0 Å². The lowest BCUT2D eigenvalue weighted by atomic mass is 9.98. The van der Waals surface area contributed by atoms with E-state index in [1.807, 2.05) is 12.1 Å². The molecule has 0 unspecified atom stereocenters. The Morgan fingerprint density at radius 1 is 1.14 bits per heavy atom. The van der Waals surface area contributed by atoms with Crippen LogP contribution in [-0.4, -0.2) is 18.9 Å². The van der Waals surface area contributed by atoms with Crippen LogP contribution >= 0.6 is 0 Å². The number of ketones is 1. The van der Waals surface area contributed by atoms with E-state index >= 15 is 0 Å². The molecule has 21 heavy (non-hydrogen) atoms. The Kier molecular flexibility index (Phi) is 3.44. The fraction of sp³-hybridized carbons (Fsp3) is 0.176. The second-order valence-corrected chi connectivity index (χ2v) is 4.84. The van der Waals surface area contributed by atoms with Gasteiger partial charge in [0, 0.05) is 11.1 Å². The highest BCUT2D eigenvalue weighted by atomic mass is 16.5. The van der Waals surface area contributed by atoms with E-state index in [4.69, 9.17) is 9.47 Å². The Hall–Kier alpha value is -2.62. The molecule has 0 saturated heterocycles. The number of hydrogen-bond acceptors (Lipinski definition) is 4. The Morgan fingerprint density at radius 3 is 2.57 bits per heavy atom. The largest absolute Gasteiger partial charge is 0.497 e. The monoisotopic (exact) mass is 282 g/mol. The molecule has 3 rings (SSSR count). The standard InChI is InChI=1S/C17H14O4/c1-20-12-8-6-11(7-9-12)15(18)10-16-13-4-2-3-5-14(13)17(19)21-16/h2-9,16H,10H2,1H3/t16-/m1/s1. The van der Waals surface area contributed by atoms with Crippen molar-refractivity contribution in [2.24, 2.45) is 0 Å². The summed E-state index contributed by atoms with van der Waals surface area (Å²) in [6, 6.07) is 14.1. The van der Waals surface area contributed by atoms with Gasteiger partial charge in [0.05, 0.1) is 19.1 Å². The summed E-state index contributed by atoms with van der Waals surface area (Å²) in [5.74, 6) is 0.273. The number of carbonyl (C=O) groups excluding carboxylic acids is 2. The number of fused-ring (bicyclic) bond motifs is 1. The molecule has 1 atom stereocenters. The molecule has 0 saturated carbocycles. The summed E-state index contributed by atoms with van der Waals surface area (Å²) in [6.45, 7) is 0. The summed E-state index contributed by atoms with van der Waals surface area (Å²) in [4.78, 5) is 24.0. The van der Waals surface area contributed by atoms with E-state index in [2.05, 4.69) is 0 Å². The van der Waals surface area contributed by atoms with Crippen molar-refractivity contribution in [2.75, 3.05) is 7.11 Å². The van der Waals surface area contributed by atoms with Gasteiger partial charge in [0.25, 0.3) is 0 Å². The Balaban J connectivity index is 1.78.